The Morgan fingerprint density at radius 1 is 1.25 bits per heavy atom. The number of rotatable bonds is 3. The molecule has 7 heteroatoms. The second kappa shape index (κ2) is 6.28. The number of likely N-dealkylation sites (tertiary alicyclic amines) is 1. The largest absolute Gasteiger partial charge is 0.481 e. The van der Waals surface area contributed by atoms with Crippen LogP contribution in [0.15, 0.2) is 30.3 Å². The molecule has 6 nitrogen and oxygen atoms in total. The van der Waals surface area contributed by atoms with Gasteiger partial charge in [0.25, 0.3) is 5.91 Å². The number of amides is 1. The molecule has 1 aromatic carbocycles. The molecule has 1 aliphatic rings. The first-order valence-corrected chi connectivity index (χ1v) is 8.04. The van der Waals surface area contributed by atoms with Crippen molar-refractivity contribution in [1.29, 1.82) is 0 Å². The van der Waals surface area contributed by atoms with Crippen molar-refractivity contribution in [3.05, 3.63) is 52.3 Å². The minimum Gasteiger partial charge on any atom is -0.481 e. The number of aromatic nitrogens is 2. The van der Waals surface area contributed by atoms with E-state index in [1.54, 1.807) is 18.7 Å². The Morgan fingerprint density at radius 2 is 1.92 bits per heavy atom. The van der Waals surface area contributed by atoms with Crippen molar-refractivity contribution in [3.8, 4) is 0 Å². The molecule has 1 N–H and O–H groups in total. The molecule has 1 fully saturated rings. The molecule has 2 heterocycles. The molecule has 1 saturated heterocycles. The normalized spacial score (nSPS) is 20.4. The van der Waals surface area contributed by atoms with Gasteiger partial charge in [0.1, 0.15) is 0 Å². The molecular weight excluding hydrogens is 330 g/mol. The van der Waals surface area contributed by atoms with Gasteiger partial charge in [-0.15, -0.1) is 0 Å². The molecule has 1 amide bonds. The minimum absolute atomic E-state index is 0.152. The minimum atomic E-state index is -0.901. The van der Waals surface area contributed by atoms with Gasteiger partial charge in [-0.1, -0.05) is 41.9 Å². The van der Waals surface area contributed by atoms with Crippen molar-refractivity contribution < 1.29 is 14.7 Å². The summed E-state index contributed by atoms with van der Waals surface area (Å²) in [7, 11) is 1.72. The second-order valence-corrected chi connectivity index (χ2v) is 6.42. The van der Waals surface area contributed by atoms with E-state index in [1.807, 2.05) is 30.3 Å². The number of halogens is 1. The fourth-order valence-electron chi connectivity index (χ4n) is 3.13. The number of hydrogen-bond donors (Lipinski definition) is 1. The van der Waals surface area contributed by atoms with E-state index in [9.17, 15) is 14.7 Å². The Labute approximate surface area is 144 Å². The van der Waals surface area contributed by atoms with Crippen LogP contribution in [0.25, 0.3) is 0 Å². The molecule has 0 spiro atoms. The highest BCUT2D eigenvalue weighted by atomic mass is 35.5. The van der Waals surface area contributed by atoms with Crippen molar-refractivity contribution in [2.75, 3.05) is 13.1 Å². The van der Waals surface area contributed by atoms with Crippen molar-refractivity contribution >= 4 is 23.5 Å². The first-order chi connectivity index (χ1) is 11.4. The molecule has 2 aromatic rings. The van der Waals surface area contributed by atoms with Crippen LogP contribution in [0, 0.1) is 12.8 Å². The molecule has 0 aliphatic carbocycles. The van der Waals surface area contributed by atoms with Gasteiger partial charge in [0.2, 0.25) is 0 Å². The van der Waals surface area contributed by atoms with Crippen LogP contribution in [0.1, 0.15) is 27.7 Å². The molecule has 2 atom stereocenters. The summed E-state index contributed by atoms with van der Waals surface area (Å²) in [6.45, 7) is 2.27. The number of carboxylic acid groups (broad SMARTS) is 1. The number of carbonyl (C=O) groups excluding carboxylic acids is 1. The highest BCUT2D eigenvalue weighted by Crippen LogP contribution is 2.34. The second-order valence-electron chi connectivity index (χ2n) is 6.04. The van der Waals surface area contributed by atoms with Gasteiger partial charge < -0.3 is 10.0 Å². The molecule has 0 saturated carbocycles. The molecule has 0 unspecified atom stereocenters. The summed E-state index contributed by atoms with van der Waals surface area (Å²) < 4.78 is 1.55. The van der Waals surface area contributed by atoms with E-state index in [2.05, 4.69) is 5.10 Å². The quantitative estimate of drug-likeness (QED) is 0.924. The molecule has 24 heavy (non-hydrogen) atoms. The van der Waals surface area contributed by atoms with Gasteiger partial charge in [-0.3, -0.25) is 14.3 Å². The summed E-state index contributed by atoms with van der Waals surface area (Å²) in [5, 5.41) is 14.0. The maximum Gasteiger partial charge on any atom is 0.308 e. The lowest BCUT2D eigenvalue weighted by Gasteiger charge is -2.15. The highest BCUT2D eigenvalue weighted by molar-refractivity contribution is 6.34. The highest BCUT2D eigenvalue weighted by Gasteiger charge is 2.41. The number of aryl methyl sites for hydroxylation is 1. The van der Waals surface area contributed by atoms with E-state index in [0.29, 0.717) is 17.3 Å². The summed E-state index contributed by atoms with van der Waals surface area (Å²) in [5.41, 5.74) is 1.80. The fourth-order valence-corrected chi connectivity index (χ4v) is 3.37. The van der Waals surface area contributed by atoms with Gasteiger partial charge in [-0.2, -0.15) is 5.10 Å². The maximum atomic E-state index is 12.8. The lowest BCUT2D eigenvalue weighted by molar-refractivity contribution is -0.141. The number of carbonyl (C=O) groups is 2. The van der Waals surface area contributed by atoms with Crippen molar-refractivity contribution in [2.24, 2.45) is 13.0 Å². The molecule has 0 bridgehead atoms. The maximum absolute atomic E-state index is 12.8. The van der Waals surface area contributed by atoms with Crippen LogP contribution >= 0.6 is 11.6 Å². The summed E-state index contributed by atoms with van der Waals surface area (Å²) in [6, 6.07) is 9.42. The summed E-state index contributed by atoms with van der Waals surface area (Å²) in [6.07, 6.45) is 0. The number of nitrogens with zero attached hydrogens (tertiary/aromatic N) is 3. The van der Waals surface area contributed by atoms with E-state index in [-0.39, 0.29) is 24.1 Å². The smallest absolute Gasteiger partial charge is 0.308 e. The van der Waals surface area contributed by atoms with Crippen LogP contribution < -0.4 is 0 Å². The SMILES string of the molecule is Cc1c(Cl)c(C(=O)N2C[C@H](C(=O)O)[C@H](c3ccccc3)C2)nn1C. The topological polar surface area (TPSA) is 75.4 Å². The van der Waals surface area contributed by atoms with Crippen LogP contribution in [0.2, 0.25) is 5.02 Å². The van der Waals surface area contributed by atoms with E-state index in [4.69, 9.17) is 11.6 Å². The average molecular weight is 348 g/mol. The Bertz CT molecular complexity index is 788. The molecule has 126 valence electrons. The Hall–Kier alpha value is -2.34. The zero-order valence-electron chi connectivity index (χ0n) is 13.4. The fraction of sp³-hybridized carbons (Fsp3) is 0.353. The third kappa shape index (κ3) is 2.78. The predicted molar refractivity (Wildman–Crippen MR) is 89.2 cm³/mol. The Morgan fingerprint density at radius 3 is 2.46 bits per heavy atom. The third-order valence-electron chi connectivity index (χ3n) is 4.62. The molecule has 3 rings (SSSR count). The van der Waals surface area contributed by atoms with Gasteiger partial charge in [-0.05, 0) is 12.5 Å². The molecule has 1 aromatic heterocycles. The molecule has 1 aliphatic heterocycles. The average Bonchev–Trinajstić information content (AvgIpc) is 3.13. The molecular formula is C17H18ClN3O3. The zero-order valence-corrected chi connectivity index (χ0v) is 14.2. The van der Waals surface area contributed by atoms with Gasteiger partial charge in [0.05, 0.1) is 16.6 Å². The van der Waals surface area contributed by atoms with Crippen LogP contribution in [-0.2, 0) is 11.8 Å². The predicted octanol–water partition coefficient (Wildman–Crippen LogP) is 2.32. The van der Waals surface area contributed by atoms with Gasteiger partial charge in [-0.25, -0.2) is 0 Å². The van der Waals surface area contributed by atoms with Crippen molar-refractivity contribution in [1.82, 2.24) is 14.7 Å². The van der Waals surface area contributed by atoms with Crippen molar-refractivity contribution in [2.45, 2.75) is 12.8 Å². The third-order valence-corrected chi connectivity index (χ3v) is 5.07. The number of aliphatic carboxylic acids is 1. The summed E-state index contributed by atoms with van der Waals surface area (Å²) >= 11 is 6.19. The van der Waals surface area contributed by atoms with E-state index in [1.165, 1.54) is 4.90 Å². The van der Waals surface area contributed by atoms with Crippen LogP contribution in [-0.4, -0.2) is 44.8 Å². The summed E-state index contributed by atoms with van der Waals surface area (Å²) in [4.78, 5) is 25.9. The lowest BCUT2D eigenvalue weighted by Crippen LogP contribution is -2.30. The Kier molecular flexibility index (Phi) is 4.32. The van der Waals surface area contributed by atoms with E-state index < -0.39 is 11.9 Å². The number of hydrogen-bond acceptors (Lipinski definition) is 3. The van der Waals surface area contributed by atoms with Gasteiger partial charge >= 0.3 is 5.97 Å². The first-order valence-electron chi connectivity index (χ1n) is 7.66. The van der Waals surface area contributed by atoms with Gasteiger partial charge in [0, 0.05) is 26.1 Å². The van der Waals surface area contributed by atoms with E-state index >= 15 is 0 Å². The first kappa shape index (κ1) is 16.5. The summed E-state index contributed by atoms with van der Waals surface area (Å²) in [5.74, 6) is -2.10. The standard InChI is InChI=1S/C17H18ClN3O3/c1-10-14(18)15(19-20(10)2)16(22)21-8-12(13(9-21)17(23)24)11-6-4-3-5-7-11/h3-7,12-13H,8-9H2,1-2H3,(H,23,24)/t12-,13-/m0/s1. The number of benzene rings is 1. The zero-order chi connectivity index (χ0) is 17.4. The van der Waals surface area contributed by atoms with E-state index in [0.717, 1.165) is 5.56 Å². The lowest BCUT2D eigenvalue weighted by atomic mass is 9.89. The van der Waals surface area contributed by atoms with Gasteiger partial charge in [0.15, 0.2) is 5.69 Å². The van der Waals surface area contributed by atoms with Crippen molar-refractivity contribution in [3.63, 3.8) is 0 Å². The Balaban J connectivity index is 1.89. The molecule has 0 radical (unpaired) electrons. The van der Waals surface area contributed by atoms with Crippen LogP contribution in [0.3, 0.4) is 0 Å². The van der Waals surface area contributed by atoms with Crippen LogP contribution in [0.4, 0.5) is 0 Å². The van der Waals surface area contributed by atoms with Crippen LogP contribution in [0.5, 0.6) is 0 Å². The monoisotopic (exact) mass is 347 g/mol. The number of carboxylic acids is 1.